The first-order valence-corrected chi connectivity index (χ1v) is 3.96. The van der Waals surface area contributed by atoms with Crippen LogP contribution in [0.3, 0.4) is 0 Å². The van der Waals surface area contributed by atoms with E-state index in [1.54, 1.807) is 0 Å². The van der Waals surface area contributed by atoms with Crippen molar-refractivity contribution in [1.82, 2.24) is 0 Å². The first-order valence-electron chi connectivity index (χ1n) is 3.96. The van der Waals surface area contributed by atoms with Crippen LogP contribution in [0.5, 0.6) is 5.75 Å². The lowest BCUT2D eigenvalue weighted by Crippen LogP contribution is -2.32. The molecule has 0 saturated heterocycles. The second kappa shape index (κ2) is 7.27. The van der Waals surface area contributed by atoms with Gasteiger partial charge in [0.25, 0.3) is 0 Å². The van der Waals surface area contributed by atoms with E-state index >= 15 is 0 Å². The Labute approximate surface area is 104 Å². The van der Waals surface area contributed by atoms with Crippen molar-refractivity contribution in [3.8, 4) is 5.75 Å². The molecule has 0 heterocycles. The largest absolute Gasteiger partial charge is 0.505 e. The molecule has 0 aromatic heterocycles. The van der Waals surface area contributed by atoms with Crippen molar-refractivity contribution in [2.45, 2.75) is 12.5 Å². The molecule has 0 fully saturated rings. The number of phenolic OH excluding ortho intramolecular Hbond substituents is 1. The van der Waals surface area contributed by atoms with Gasteiger partial charge in [0.2, 0.25) is 0 Å². The first-order chi connectivity index (χ1) is 6.50. The highest BCUT2D eigenvalue weighted by atomic mass is 35.5. The van der Waals surface area contributed by atoms with Crippen LogP contribution in [-0.4, -0.2) is 22.2 Å². The normalized spacial score (nSPS) is 10.9. The minimum absolute atomic E-state index is 0. The van der Waals surface area contributed by atoms with Crippen LogP contribution >= 0.6 is 24.8 Å². The SMILES string of the molecule is Cl.Cl.NC(Cc1ccc(F)c(O)c1)C(=O)O. The molecule has 1 unspecified atom stereocenters. The van der Waals surface area contributed by atoms with Gasteiger partial charge in [-0.25, -0.2) is 4.39 Å². The summed E-state index contributed by atoms with van der Waals surface area (Å²) < 4.78 is 12.6. The predicted octanol–water partition coefficient (Wildman–Crippen LogP) is 1.33. The van der Waals surface area contributed by atoms with Gasteiger partial charge < -0.3 is 15.9 Å². The number of aliphatic carboxylic acids is 1. The summed E-state index contributed by atoms with van der Waals surface area (Å²) in [5, 5.41) is 17.5. The molecule has 1 atom stereocenters. The molecule has 0 aliphatic heterocycles. The lowest BCUT2D eigenvalue weighted by atomic mass is 10.1. The Bertz CT molecular complexity index is 363. The summed E-state index contributed by atoms with van der Waals surface area (Å²) in [5.41, 5.74) is 5.75. The van der Waals surface area contributed by atoms with Crippen LogP contribution in [0.1, 0.15) is 5.56 Å². The number of hydrogen-bond acceptors (Lipinski definition) is 3. The molecule has 92 valence electrons. The molecule has 0 radical (unpaired) electrons. The number of carboxylic acids is 1. The first kappa shape index (κ1) is 17.4. The Balaban J connectivity index is 0. The van der Waals surface area contributed by atoms with E-state index in [1.807, 2.05) is 0 Å². The molecular weight excluding hydrogens is 260 g/mol. The summed E-state index contributed by atoms with van der Waals surface area (Å²) in [4.78, 5) is 10.4. The van der Waals surface area contributed by atoms with Crippen molar-refractivity contribution in [2.24, 2.45) is 5.73 Å². The minimum Gasteiger partial charge on any atom is -0.505 e. The average molecular weight is 272 g/mol. The van der Waals surface area contributed by atoms with E-state index in [0.717, 1.165) is 12.1 Å². The van der Waals surface area contributed by atoms with Crippen LogP contribution < -0.4 is 5.73 Å². The minimum atomic E-state index is -1.13. The van der Waals surface area contributed by atoms with Crippen molar-refractivity contribution in [2.75, 3.05) is 0 Å². The second-order valence-electron chi connectivity index (χ2n) is 2.93. The molecule has 0 aliphatic rings. The van der Waals surface area contributed by atoms with E-state index in [1.165, 1.54) is 6.07 Å². The van der Waals surface area contributed by atoms with E-state index in [2.05, 4.69) is 0 Å². The maximum absolute atomic E-state index is 12.6. The fraction of sp³-hybridized carbons (Fsp3) is 0.222. The molecule has 0 saturated carbocycles. The smallest absolute Gasteiger partial charge is 0.320 e. The fourth-order valence-corrected chi connectivity index (χ4v) is 1.03. The lowest BCUT2D eigenvalue weighted by Gasteiger charge is -2.06. The molecule has 0 spiro atoms. The number of aromatic hydroxyl groups is 1. The number of phenols is 1. The molecule has 0 bridgehead atoms. The van der Waals surface area contributed by atoms with Crippen LogP contribution in [0.25, 0.3) is 0 Å². The molecule has 7 heteroatoms. The van der Waals surface area contributed by atoms with Crippen molar-refractivity contribution >= 4 is 30.8 Å². The van der Waals surface area contributed by atoms with Crippen LogP contribution in [0, 0.1) is 5.82 Å². The third kappa shape index (κ3) is 4.65. The molecule has 1 rings (SSSR count). The van der Waals surface area contributed by atoms with Crippen molar-refractivity contribution in [3.05, 3.63) is 29.6 Å². The van der Waals surface area contributed by atoms with Gasteiger partial charge >= 0.3 is 5.97 Å². The van der Waals surface area contributed by atoms with Crippen LogP contribution in [0.2, 0.25) is 0 Å². The maximum Gasteiger partial charge on any atom is 0.320 e. The maximum atomic E-state index is 12.6. The third-order valence-electron chi connectivity index (χ3n) is 1.78. The quantitative estimate of drug-likeness (QED) is 0.775. The number of carbonyl (C=O) groups is 1. The molecule has 0 aliphatic carbocycles. The predicted molar refractivity (Wildman–Crippen MR) is 61.9 cm³/mol. The Hall–Kier alpha value is -1.04. The number of benzene rings is 1. The van der Waals surface area contributed by atoms with Crippen molar-refractivity contribution in [1.29, 1.82) is 0 Å². The summed E-state index contributed by atoms with van der Waals surface area (Å²) >= 11 is 0. The summed E-state index contributed by atoms with van der Waals surface area (Å²) in [6, 6.07) is 2.58. The van der Waals surface area contributed by atoms with Crippen LogP contribution in [0.4, 0.5) is 4.39 Å². The van der Waals surface area contributed by atoms with E-state index in [-0.39, 0.29) is 31.2 Å². The Morgan fingerprint density at radius 2 is 2.00 bits per heavy atom. The van der Waals surface area contributed by atoms with E-state index in [0.29, 0.717) is 5.56 Å². The Kier molecular flexibility index (Phi) is 7.89. The monoisotopic (exact) mass is 271 g/mol. The van der Waals surface area contributed by atoms with Gasteiger partial charge in [0.1, 0.15) is 6.04 Å². The standard InChI is InChI=1S/C9H10FNO3.2ClH/c10-6-2-1-5(4-8(6)12)3-7(11)9(13)14;;/h1-2,4,7,12H,3,11H2,(H,13,14);2*1H. The highest BCUT2D eigenvalue weighted by Gasteiger charge is 2.12. The molecular formula is C9H12Cl2FNO3. The number of nitrogens with two attached hydrogens (primary N) is 1. The summed E-state index contributed by atoms with van der Waals surface area (Å²) in [6.07, 6.45) is 0.0587. The molecule has 16 heavy (non-hydrogen) atoms. The molecule has 1 aromatic rings. The van der Waals surface area contributed by atoms with E-state index in [4.69, 9.17) is 15.9 Å². The number of halogens is 3. The van der Waals surface area contributed by atoms with E-state index in [9.17, 15) is 9.18 Å². The molecule has 0 amide bonds. The fourth-order valence-electron chi connectivity index (χ4n) is 1.03. The summed E-state index contributed by atoms with van der Waals surface area (Å²) in [6.45, 7) is 0. The summed E-state index contributed by atoms with van der Waals surface area (Å²) in [5.74, 6) is -2.37. The number of hydrogen-bond donors (Lipinski definition) is 3. The van der Waals surface area contributed by atoms with Crippen molar-refractivity contribution < 1.29 is 19.4 Å². The zero-order valence-electron chi connectivity index (χ0n) is 8.09. The van der Waals surface area contributed by atoms with Gasteiger partial charge in [0, 0.05) is 0 Å². The van der Waals surface area contributed by atoms with Crippen LogP contribution in [0.15, 0.2) is 18.2 Å². The average Bonchev–Trinajstić information content (AvgIpc) is 2.11. The second-order valence-corrected chi connectivity index (χ2v) is 2.93. The van der Waals surface area contributed by atoms with Gasteiger partial charge in [-0.05, 0) is 24.1 Å². The van der Waals surface area contributed by atoms with Gasteiger partial charge in [-0.3, -0.25) is 4.79 Å². The van der Waals surface area contributed by atoms with Gasteiger partial charge in [-0.2, -0.15) is 0 Å². The van der Waals surface area contributed by atoms with Gasteiger partial charge in [0.05, 0.1) is 0 Å². The Morgan fingerprint density at radius 3 is 2.44 bits per heavy atom. The lowest BCUT2D eigenvalue weighted by molar-refractivity contribution is -0.138. The number of rotatable bonds is 3. The highest BCUT2D eigenvalue weighted by Crippen LogP contribution is 2.17. The zero-order valence-corrected chi connectivity index (χ0v) is 9.72. The Morgan fingerprint density at radius 1 is 1.44 bits per heavy atom. The highest BCUT2D eigenvalue weighted by molar-refractivity contribution is 5.85. The third-order valence-corrected chi connectivity index (χ3v) is 1.78. The molecule has 4 nitrogen and oxygen atoms in total. The molecule has 1 aromatic carbocycles. The van der Waals surface area contributed by atoms with Crippen molar-refractivity contribution in [3.63, 3.8) is 0 Å². The van der Waals surface area contributed by atoms with Crippen LogP contribution in [-0.2, 0) is 11.2 Å². The summed E-state index contributed by atoms with van der Waals surface area (Å²) in [7, 11) is 0. The zero-order chi connectivity index (χ0) is 10.7. The van der Waals surface area contributed by atoms with Gasteiger partial charge in [-0.1, -0.05) is 6.07 Å². The van der Waals surface area contributed by atoms with Gasteiger partial charge in [-0.15, -0.1) is 24.8 Å². The topological polar surface area (TPSA) is 83.5 Å². The van der Waals surface area contributed by atoms with Gasteiger partial charge in [0.15, 0.2) is 11.6 Å². The number of carboxylic acid groups (broad SMARTS) is 1. The van der Waals surface area contributed by atoms with E-state index < -0.39 is 23.6 Å². The molecule has 4 N–H and O–H groups in total.